The van der Waals surface area contributed by atoms with E-state index >= 15 is 0 Å². The van der Waals surface area contributed by atoms with Crippen molar-refractivity contribution in [1.29, 1.82) is 0 Å². The molecule has 0 radical (unpaired) electrons. The SMILES string of the molecule is CC(C)(C)c1cc(/C=C/C(=O)CO[P+](=O)O)cc(C(C)(C)C)c1O.CCCC. The summed E-state index contributed by atoms with van der Waals surface area (Å²) in [6.07, 6.45) is 5.57. The number of aromatic hydroxyl groups is 1. The van der Waals surface area contributed by atoms with Crippen LogP contribution in [0, 0.1) is 0 Å². The van der Waals surface area contributed by atoms with Crippen LogP contribution in [0.5, 0.6) is 5.75 Å². The van der Waals surface area contributed by atoms with Gasteiger partial charge in [-0.25, -0.2) is 0 Å². The second-order valence-electron chi connectivity index (χ2n) is 8.78. The van der Waals surface area contributed by atoms with Crippen molar-refractivity contribution in [2.75, 3.05) is 6.61 Å². The van der Waals surface area contributed by atoms with Gasteiger partial charge in [-0.1, -0.05) is 74.3 Å². The fourth-order valence-corrected chi connectivity index (χ4v) is 2.49. The van der Waals surface area contributed by atoms with Gasteiger partial charge in [-0.05, 0) is 34.6 Å². The Morgan fingerprint density at radius 1 is 1.04 bits per heavy atom. The fourth-order valence-electron chi connectivity index (χ4n) is 2.25. The molecule has 0 bridgehead atoms. The molecule has 0 aliphatic heterocycles. The van der Waals surface area contributed by atoms with Crippen LogP contribution in [0.25, 0.3) is 6.08 Å². The first-order valence-electron chi connectivity index (χ1n) is 9.61. The maximum Gasteiger partial charge on any atom is 0.695 e. The van der Waals surface area contributed by atoms with Gasteiger partial charge in [-0.15, -0.1) is 9.42 Å². The molecule has 1 aromatic carbocycles. The maximum atomic E-state index is 11.7. The molecule has 0 heterocycles. The number of hydrogen-bond donors (Lipinski definition) is 2. The summed E-state index contributed by atoms with van der Waals surface area (Å²) in [5.41, 5.74) is 1.88. The van der Waals surface area contributed by atoms with Gasteiger partial charge in [-0.2, -0.15) is 0 Å². The third kappa shape index (κ3) is 9.59. The number of benzene rings is 1. The van der Waals surface area contributed by atoms with Crippen LogP contribution in [0.2, 0.25) is 0 Å². The van der Waals surface area contributed by atoms with Crippen LogP contribution in [0.3, 0.4) is 0 Å². The predicted molar refractivity (Wildman–Crippen MR) is 116 cm³/mol. The van der Waals surface area contributed by atoms with E-state index in [-0.39, 0.29) is 16.6 Å². The first-order valence-corrected chi connectivity index (χ1v) is 10.7. The van der Waals surface area contributed by atoms with E-state index < -0.39 is 20.6 Å². The van der Waals surface area contributed by atoms with Crippen LogP contribution in [-0.4, -0.2) is 22.4 Å². The number of carbonyl (C=O) groups excluding carboxylic acids is 1. The van der Waals surface area contributed by atoms with Crippen LogP contribution in [0.4, 0.5) is 0 Å². The average Bonchev–Trinajstić information content (AvgIpc) is 2.57. The lowest BCUT2D eigenvalue weighted by Gasteiger charge is -2.27. The van der Waals surface area contributed by atoms with Gasteiger partial charge in [0.15, 0.2) is 12.4 Å². The summed E-state index contributed by atoms with van der Waals surface area (Å²) in [4.78, 5) is 20.2. The Morgan fingerprint density at radius 3 is 1.79 bits per heavy atom. The molecule has 1 aromatic rings. The Morgan fingerprint density at radius 2 is 1.46 bits per heavy atom. The monoisotopic (exact) mass is 411 g/mol. The van der Waals surface area contributed by atoms with Gasteiger partial charge in [0, 0.05) is 15.7 Å². The van der Waals surface area contributed by atoms with Crippen molar-refractivity contribution in [1.82, 2.24) is 0 Å². The molecule has 2 N–H and O–H groups in total. The third-order valence-electron chi connectivity index (χ3n) is 4.03. The number of hydrogen-bond acceptors (Lipinski definition) is 4. The van der Waals surface area contributed by atoms with E-state index in [4.69, 9.17) is 4.89 Å². The van der Waals surface area contributed by atoms with E-state index in [1.54, 1.807) is 6.08 Å². The Kier molecular flexibility index (Phi) is 10.8. The Bertz CT molecular complexity index is 657. The highest BCUT2D eigenvalue weighted by atomic mass is 31.1. The molecule has 0 spiro atoms. The quantitative estimate of drug-likeness (QED) is 0.440. The summed E-state index contributed by atoms with van der Waals surface area (Å²) >= 11 is 0. The van der Waals surface area contributed by atoms with E-state index in [0.717, 1.165) is 16.7 Å². The van der Waals surface area contributed by atoms with Crippen molar-refractivity contribution in [3.8, 4) is 5.75 Å². The van der Waals surface area contributed by atoms with E-state index in [9.17, 15) is 14.5 Å². The molecule has 0 saturated carbocycles. The van der Waals surface area contributed by atoms with Gasteiger partial charge in [0.2, 0.25) is 0 Å². The van der Waals surface area contributed by atoms with Crippen LogP contribution < -0.4 is 0 Å². The zero-order valence-corrected chi connectivity index (χ0v) is 19.4. The van der Waals surface area contributed by atoms with E-state index in [1.807, 2.05) is 53.7 Å². The van der Waals surface area contributed by atoms with Gasteiger partial charge in [-0.3, -0.25) is 4.79 Å². The zero-order chi connectivity index (χ0) is 22.1. The summed E-state index contributed by atoms with van der Waals surface area (Å²) in [5.74, 6) is -0.130. The van der Waals surface area contributed by atoms with Crippen LogP contribution >= 0.6 is 8.25 Å². The Hall–Kier alpha value is -1.55. The molecule has 28 heavy (non-hydrogen) atoms. The van der Waals surface area contributed by atoms with E-state index in [2.05, 4.69) is 18.4 Å². The highest BCUT2D eigenvalue weighted by Crippen LogP contribution is 2.40. The largest absolute Gasteiger partial charge is 0.695 e. The highest BCUT2D eigenvalue weighted by Gasteiger charge is 2.26. The summed E-state index contributed by atoms with van der Waals surface area (Å²) in [7, 11) is -2.78. The van der Waals surface area contributed by atoms with Crippen molar-refractivity contribution in [3.05, 3.63) is 34.9 Å². The number of phenolic OH excluding ortho intramolecular Hbond substituents is 1. The van der Waals surface area contributed by atoms with Gasteiger partial charge in [0.05, 0.1) is 0 Å². The van der Waals surface area contributed by atoms with Crippen molar-refractivity contribution in [3.63, 3.8) is 0 Å². The topological polar surface area (TPSA) is 83.8 Å². The molecular formula is C22H36O5P+. The second kappa shape index (κ2) is 11.5. The minimum Gasteiger partial charge on any atom is -0.507 e. The minimum absolute atomic E-state index is 0.254. The molecular weight excluding hydrogens is 375 g/mol. The number of phenols is 1. The molecule has 6 heteroatoms. The molecule has 0 aliphatic rings. The lowest BCUT2D eigenvalue weighted by molar-refractivity contribution is -0.116. The van der Waals surface area contributed by atoms with Crippen LogP contribution in [-0.2, 0) is 24.7 Å². The second-order valence-corrected chi connectivity index (χ2v) is 9.51. The molecule has 0 aromatic heterocycles. The smallest absolute Gasteiger partial charge is 0.507 e. The van der Waals surface area contributed by atoms with Crippen molar-refractivity contribution >= 4 is 20.1 Å². The predicted octanol–water partition coefficient (Wildman–Crippen LogP) is 6.04. The minimum atomic E-state index is -2.78. The first-order chi connectivity index (χ1) is 12.7. The van der Waals surface area contributed by atoms with E-state index in [0.29, 0.717) is 0 Å². The normalized spacial score (nSPS) is 12.5. The van der Waals surface area contributed by atoms with Crippen molar-refractivity contribution < 1.29 is 23.9 Å². The summed E-state index contributed by atoms with van der Waals surface area (Å²) < 4.78 is 14.8. The van der Waals surface area contributed by atoms with Crippen LogP contribution in [0.15, 0.2) is 18.2 Å². The molecule has 1 atom stereocenters. The third-order valence-corrected chi connectivity index (χ3v) is 4.38. The molecule has 0 saturated heterocycles. The highest BCUT2D eigenvalue weighted by molar-refractivity contribution is 7.32. The lowest BCUT2D eigenvalue weighted by atomic mass is 9.78. The molecule has 1 unspecified atom stereocenters. The first kappa shape index (κ1) is 26.4. The van der Waals surface area contributed by atoms with Crippen LogP contribution in [0.1, 0.15) is 84.9 Å². The summed E-state index contributed by atoms with van der Waals surface area (Å²) in [6, 6.07) is 3.70. The Balaban J connectivity index is 0.00000165. The molecule has 5 nitrogen and oxygen atoms in total. The molecule has 0 aliphatic carbocycles. The van der Waals surface area contributed by atoms with Gasteiger partial charge < -0.3 is 5.11 Å². The van der Waals surface area contributed by atoms with E-state index in [1.165, 1.54) is 18.9 Å². The fraction of sp³-hybridized carbons (Fsp3) is 0.591. The van der Waals surface area contributed by atoms with Crippen molar-refractivity contribution in [2.24, 2.45) is 0 Å². The van der Waals surface area contributed by atoms with Crippen molar-refractivity contribution in [2.45, 2.75) is 79.1 Å². The number of unbranched alkanes of at least 4 members (excludes halogenated alkanes) is 1. The molecule has 1 rings (SSSR count). The number of rotatable bonds is 6. The Labute approximate surface area is 170 Å². The number of ketones is 1. The summed E-state index contributed by atoms with van der Waals surface area (Å²) in [5, 5.41) is 10.6. The summed E-state index contributed by atoms with van der Waals surface area (Å²) in [6.45, 7) is 16.0. The number of carbonyl (C=O) groups is 1. The standard InChI is InChI=1S/C18H25O5P.C4H10/c1-17(2,3)14-9-12(7-8-13(19)11-23-24(21)22)10-15(16(14)20)18(4,5)6;1-3-4-2/h7-10H,11H2,1-6H3,(H-,19,20,21,22);3-4H2,1-2H3/p+1. The maximum absolute atomic E-state index is 11.7. The molecule has 0 fully saturated rings. The lowest BCUT2D eigenvalue weighted by Crippen LogP contribution is -2.17. The van der Waals surface area contributed by atoms with Gasteiger partial charge >= 0.3 is 8.25 Å². The van der Waals surface area contributed by atoms with Gasteiger partial charge in [0.25, 0.3) is 0 Å². The molecule has 158 valence electrons. The average molecular weight is 411 g/mol. The molecule has 0 amide bonds. The zero-order valence-electron chi connectivity index (χ0n) is 18.5. The van der Waals surface area contributed by atoms with Gasteiger partial charge in [0.1, 0.15) is 5.75 Å².